The lowest BCUT2D eigenvalue weighted by Crippen LogP contribution is -2.26. The number of carbonyl (C=O) groups excluding carboxylic acids is 1. The Morgan fingerprint density at radius 2 is 2.00 bits per heavy atom. The fraction of sp³-hybridized carbons (Fsp3) is 0.533. The maximum Gasteiger partial charge on any atom is 0.224 e. The van der Waals surface area contributed by atoms with Gasteiger partial charge in [0.05, 0.1) is 6.42 Å². The van der Waals surface area contributed by atoms with Crippen molar-refractivity contribution in [2.24, 2.45) is 5.92 Å². The fourth-order valence-corrected chi connectivity index (χ4v) is 1.73. The van der Waals surface area contributed by atoms with E-state index in [4.69, 9.17) is 4.74 Å². The van der Waals surface area contributed by atoms with Gasteiger partial charge in [-0.05, 0) is 30.0 Å². The van der Waals surface area contributed by atoms with E-state index in [-0.39, 0.29) is 5.91 Å². The van der Waals surface area contributed by atoms with E-state index < -0.39 is 0 Å². The minimum atomic E-state index is 0.0516. The Bertz CT molecular complexity index is 376. The van der Waals surface area contributed by atoms with Gasteiger partial charge >= 0.3 is 0 Å². The molecular weight excluding hydrogens is 258 g/mol. The largest absolute Gasteiger partial charge is 0.381 e. The van der Waals surface area contributed by atoms with Crippen molar-refractivity contribution in [2.75, 3.05) is 19.8 Å². The van der Waals surface area contributed by atoms with E-state index in [1.807, 2.05) is 24.3 Å². The number of ether oxygens (including phenoxy) is 1. The van der Waals surface area contributed by atoms with Crippen molar-refractivity contribution in [1.29, 1.82) is 0 Å². The third kappa shape index (κ3) is 7.90. The Labute approximate surface area is 121 Å². The summed E-state index contributed by atoms with van der Waals surface area (Å²) in [5.74, 6) is 0.611. The molecule has 0 radical (unpaired) electrons. The summed E-state index contributed by atoms with van der Waals surface area (Å²) in [6.45, 7) is 6.40. The number of amides is 1. The molecule has 1 aromatic rings. The van der Waals surface area contributed by atoms with Gasteiger partial charge < -0.3 is 10.1 Å². The van der Waals surface area contributed by atoms with E-state index in [0.717, 1.165) is 23.5 Å². The van der Waals surface area contributed by atoms with Gasteiger partial charge in [-0.15, -0.1) is 12.6 Å². The first-order valence-corrected chi connectivity index (χ1v) is 7.15. The highest BCUT2D eigenvalue weighted by Crippen LogP contribution is 2.08. The molecule has 3 nitrogen and oxygen atoms in total. The average Bonchev–Trinajstić information content (AvgIpc) is 2.36. The Balaban J connectivity index is 2.09. The zero-order valence-corrected chi connectivity index (χ0v) is 12.6. The summed E-state index contributed by atoms with van der Waals surface area (Å²) in [6.07, 6.45) is 1.27. The van der Waals surface area contributed by atoms with Crippen LogP contribution in [0.2, 0.25) is 0 Å². The first-order valence-electron chi connectivity index (χ1n) is 6.70. The molecule has 0 saturated heterocycles. The van der Waals surface area contributed by atoms with Crippen LogP contribution in [-0.4, -0.2) is 25.7 Å². The van der Waals surface area contributed by atoms with Gasteiger partial charge in [-0.25, -0.2) is 0 Å². The minimum Gasteiger partial charge on any atom is -0.381 e. The molecule has 0 unspecified atom stereocenters. The van der Waals surface area contributed by atoms with E-state index in [9.17, 15) is 4.79 Å². The standard InChI is InChI=1S/C15H23NO2S/c1-12(2)11-18-9-3-8-16-15(17)10-13-4-6-14(19)7-5-13/h4-7,12,19H,3,8-11H2,1-2H3,(H,16,17). The first-order chi connectivity index (χ1) is 9.08. The summed E-state index contributed by atoms with van der Waals surface area (Å²) < 4.78 is 5.45. The molecule has 0 aliphatic rings. The van der Waals surface area contributed by atoms with Crippen LogP contribution in [0, 0.1) is 5.92 Å². The molecule has 0 heterocycles. The lowest BCUT2D eigenvalue weighted by atomic mass is 10.1. The fourth-order valence-electron chi connectivity index (χ4n) is 1.58. The SMILES string of the molecule is CC(C)COCCCNC(=O)Cc1ccc(S)cc1. The molecule has 0 atom stereocenters. The van der Waals surface area contributed by atoms with Crippen LogP contribution in [0.25, 0.3) is 0 Å². The highest BCUT2D eigenvalue weighted by atomic mass is 32.1. The van der Waals surface area contributed by atoms with Gasteiger partial charge in [0, 0.05) is 24.7 Å². The average molecular weight is 281 g/mol. The predicted octanol–water partition coefficient (Wildman–Crippen LogP) is 2.70. The number of carbonyl (C=O) groups is 1. The van der Waals surface area contributed by atoms with Gasteiger partial charge in [0.2, 0.25) is 5.91 Å². The van der Waals surface area contributed by atoms with Gasteiger partial charge in [-0.1, -0.05) is 26.0 Å². The summed E-state index contributed by atoms with van der Waals surface area (Å²) in [6, 6.07) is 7.64. The van der Waals surface area contributed by atoms with Crippen molar-refractivity contribution in [2.45, 2.75) is 31.6 Å². The molecule has 19 heavy (non-hydrogen) atoms. The zero-order valence-electron chi connectivity index (χ0n) is 11.7. The van der Waals surface area contributed by atoms with Crippen molar-refractivity contribution in [1.82, 2.24) is 5.32 Å². The van der Waals surface area contributed by atoms with Crippen LogP contribution in [-0.2, 0) is 16.0 Å². The summed E-state index contributed by atoms with van der Waals surface area (Å²) >= 11 is 4.21. The smallest absolute Gasteiger partial charge is 0.224 e. The Hall–Kier alpha value is -1.00. The quantitative estimate of drug-likeness (QED) is 0.568. The Morgan fingerprint density at radius 3 is 2.63 bits per heavy atom. The summed E-state index contributed by atoms with van der Waals surface area (Å²) in [4.78, 5) is 12.6. The van der Waals surface area contributed by atoms with Crippen LogP contribution in [0.5, 0.6) is 0 Å². The molecule has 1 N–H and O–H groups in total. The maximum atomic E-state index is 11.7. The molecule has 0 aromatic heterocycles. The molecule has 0 bridgehead atoms. The maximum absolute atomic E-state index is 11.7. The summed E-state index contributed by atoms with van der Waals surface area (Å²) in [7, 11) is 0. The van der Waals surface area contributed by atoms with Crippen LogP contribution in [0.3, 0.4) is 0 Å². The number of nitrogens with one attached hydrogen (secondary N) is 1. The third-order valence-corrected chi connectivity index (χ3v) is 2.84. The number of benzene rings is 1. The van der Waals surface area contributed by atoms with Crippen LogP contribution >= 0.6 is 12.6 Å². The normalized spacial score (nSPS) is 10.7. The molecule has 106 valence electrons. The zero-order chi connectivity index (χ0) is 14.1. The molecule has 1 aromatic carbocycles. The Morgan fingerprint density at radius 1 is 1.32 bits per heavy atom. The first kappa shape index (κ1) is 16.1. The van der Waals surface area contributed by atoms with Crippen molar-refractivity contribution >= 4 is 18.5 Å². The lowest BCUT2D eigenvalue weighted by Gasteiger charge is -2.08. The van der Waals surface area contributed by atoms with Crippen LogP contribution in [0.1, 0.15) is 25.8 Å². The lowest BCUT2D eigenvalue weighted by molar-refractivity contribution is -0.120. The van der Waals surface area contributed by atoms with E-state index in [2.05, 4.69) is 31.8 Å². The van der Waals surface area contributed by atoms with Crippen molar-refractivity contribution in [3.8, 4) is 0 Å². The molecule has 0 aliphatic heterocycles. The highest BCUT2D eigenvalue weighted by Gasteiger charge is 2.02. The number of rotatable bonds is 8. The second kappa shape index (κ2) is 8.99. The third-order valence-electron chi connectivity index (χ3n) is 2.54. The van der Waals surface area contributed by atoms with E-state index in [0.29, 0.717) is 25.5 Å². The number of hydrogen-bond donors (Lipinski definition) is 2. The van der Waals surface area contributed by atoms with Gasteiger partial charge in [0.15, 0.2) is 0 Å². The monoisotopic (exact) mass is 281 g/mol. The summed E-state index contributed by atoms with van der Waals surface area (Å²) in [5, 5.41) is 2.90. The van der Waals surface area contributed by atoms with Crippen molar-refractivity contribution in [3.63, 3.8) is 0 Å². The van der Waals surface area contributed by atoms with Crippen molar-refractivity contribution < 1.29 is 9.53 Å². The van der Waals surface area contributed by atoms with Gasteiger partial charge in [0.25, 0.3) is 0 Å². The molecule has 0 spiro atoms. The predicted molar refractivity (Wildman–Crippen MR) is 80.7 cm³/mol. The van der Waals surface area contributed by atoms with Crippen LogP contribution in [0.4, 0.5) is 0 Å². The molecule has 0 saturated carbocycles. The number of thiol groups is 1. The summed E-state index contributed by atoms with van der Waals surface area (Å²) in [5.41, 5.74) is 1.01. The highest BCUT2D eigenvalue weighted by molar-refractivity contribution is 7.80. The minimum absolute atomic E-state index is 0.0516. The number of hydrogen-bond acceptors (Lipinski definition) is 3. The molecule has 0 fully saturated rings. The molecule has 4 heteroatoms. The topological polar surface area (TPSA) is 38.3 Å². The second-order valence-electron chi connectivity index (χ2n) is 5.02. The van der Waals surface area contributed by atoms with E-state index in [1.165, 1.54) is 0 Å². The van der Waals surface area contributed by atoms with E-state index >= 15 is 0 Å². The van der Waals surface area contributed by atoms with E-state index in [1.54, 1.807) is 0 Å². The second-order valence-corrected chi connectivity index (χ2v) is 5.53. The van der Waals surface area contributed by atoms with Gasteiger partial charge in [-0.2, -0.15) is 0 Å². The molecular formula is C15H23NO2S. The molecule has 1 amide bonds. The molecule has 1 rings (SSSR count). The van der Waals surface area contributed by atoms with Crippen LogP contribution in [0.15, 0.2) is 29.2 Å². The van der Waals surface area contributed by atoms with Crippen LogP contribution < -0.4 is 5.32 Å². The van der Waals surface area contributed by atoms with Gasteiger partial charge in [0.1, 0.15) is 0 Å². The molecule has 0 aliphatic carbocycles. The van der Waals surface area contributed by atoms with Gasteiger partial charge in [-0.3, -0.25) is 4.79 Å². The van der Waals surface area contributed by atoms with Crippen molar-refractivity contribution in [3.05, 3.63) is 29.8 Å². The Kier molecular flexibility index (Phi) is 7.60.